The molecule has 0 saturated carbocycles. The van der Waals surface area contributed by atoms with Crippen LogP contribution in [0.15, 0.2) is 39.4 Å². The van der Waals surface area contributed by atoms with Crippen LogP contribution in [0.4, 0.5) is 5.69 Å². The van der Waals surface area contributed by atoms with Crippen molar-refractivity contribution >= 4 is 66.1 Å². The highest BCUT2D eigenvalue weighted by atomic mass is 35.5. The van der Waals surface area contributed by atoms with Crippen LogP contribution >= 0.6 is 34.3 Å². The number of anilines is 1. The molecule has 0 atom stereocenters. The largest absolute Gasteiger partial charge is 0.325 e. The van der Waals surface area contributed by atoms with Gasteiger partial charge in [0.25, 0.3) is 10.0 Å². The quantitative estimate of drug-likeness (QED) is 0.662. The third-order valence-electron chi connectivity index (χ3n) is 4.61. The van der Waals surface area contributed by atoms with Crippen LogP contribution in [0, 0.1) is 5.92 Å². The molecule has 0 bridgehead atoms. The number of thiazole rings is 1. The Morgan fingerprint density at radius 3 is 2.70 bits per heavy atom. The molecule has 1 aromatic carbocycles. The van der Waals surface area contributed by atoms with E-state index in [0.29, 0.717) is 46.4 Å². The van der Waals surface area contributed by atoms with Gasteiger partial charge in [0.2, 0.25) is 5.91 Å². The Labute approximate surface area is 169 Å². The average Bonchev–Trinajstić information content (AvgIpc) is 3.36. The van der Waals surface area contributed by atoms with Gasteiger partial charge in [0.05, 0.1) is 20.9 Å². The van der Waals surface area contributed by atoms with Crippen molar-refractivity contribution in [2.45, 2.75) is 17.1 Å². The lowest BCUT2D eigenvalue weighted by Crippen LogP contribution is -2.41. The number of thiophene rings is 1. The first-order valence-corrected chi connectivity index (χ1v) is 11.9. The molecule has 2 aromatic heterocycles. The summed E-state index contributed by atoms with van der Waals surface area (Å²) in [4.78, 5) is 16.9. The number of amides is 1. The van der Waals surface area contributed by atoms with Crippen LogP contribution in [0.5, 0.6) is 0 Å². The van der Waals surface area contributed by atoms with E-state index in [9.17, 15) is 13.2 Å². The number of halogens is 1. The lowest BCUT2D eigenvalue weighted by molar-refractivity contribution is -0.120. The molecule has 6 nitrogen and oxygen atoms in total. The summed E-state index contributed by atoms with van der Waals surface area (Å²) in [6, 6.07) is 6.83. The van der Waals surface area contributed by atoms with E-state index in [4.69, 9.17) is 11.6 Å². The molecule has 0 unspecified atom stereocenters. The third-order valence-corrected chi connectivity index (χ3v) is 9.04. The van der Waals surface area contributed by atoms with Gasteiger partial charge < -0.3 is 5.32 Å². The summed E-state index contributed by atoms with van der Waals surface area (Å²) in [6.45, 7) is 0.684. The van der Waals surface area contributed by atoms with Gasteiger partial charge in [0.1, 0.15) is 9.73 Å². The average molecular weight is 442 g/mol. The number of rotatable bonds is 4. The molecule has 4 rings (SSSR count). The van der Waals surface area contributed by atoms with Crippen LogP contribution in [0.3, 0.4) is 0 Å². The van der Waals surface area contributed by atoms with E-state index in [0.717, 1.165) is 4.70 Å². The minimum absolute atomic E-state index is 0.0970. The molecule has 1 amide bonds. The van der Waals surface area contributed by atoms with Crippen LogP contribution in [0.25, 0.3) is 10.2 Å². The summed E-state index contributed by atoms with van der Waals surface area (Å²) >= 11 is 8.76. The summed E-state index contributed by atoms with van der Waals surface area (Å²) in [5.74, 6) is -0.321. The first-order chi connectivity index (χ1) is 13.0. The molecule has 27 heavy (non-hydrogen) atoms. The number of piperidine rings is 1. The van der Waals surface area contributed by atoms with Crippen molar-refractivity contribution in [2.75, 3.05) is 18.4 Å². The van der Waals surface area contributed by atoms with Crippen LogP contribution < -0.4 is 5.32 Å². The predicted octanol–water partition coefficient (Wildman–Crippen LogP) is 4.05. The standard InChI is InChI=1S/C17H16ClN3O3S3/c18-12-3-4-13(16-15(12)19-10-26-16)20-17(22)11-5-7-21(8-6-11)27(23,24)14-2-1-9-25-14/h1-4,9-11H,5-8H2,(H,20,22). The molecule has 1 fully saturated rings. The zero-order valence-electron chi connectivity index (χ0n) is 14.1. The first-order valence-electron chi connectivity index (χ1n) is 8.33. The number of carbonyl (C=O) groups excluding carboxylic acids is 1. The number of benzene rings is 1. The molecule has 0 radical (unpaired) electrons. The van der Waals surface area contributed by atoms with E-state index in [1.807, 2.05) is 0 Å². The molecular formula is C17H16ClN3O3S3. The minimum atomic E-state index is -3.45. The topological polar surface area (TPSA) is 79.4 Å². The number of nitrogens with zero attached hydrogens (tertiary/aromatic N) is 2. The fourth-order valence-electron chi connectivity index (χ4n) is 3.15. The third kappa shape index (κ3) is 3.62. The number of aromatic nitrogens is 1. The molecule has 0 aliphatic carbocycles. The van der Waals surface area contributed by atoms with E-state index >= 15 is 0 Å². The summed E-state index contributed by atoms with van der Waals surface area (Å²) < 4.78 is 27.8. The highest BCUT2D eigenvalue weighted by Gasteiger charge is 2.32. The van der Waals surface area contributed by atoms with Gasteiger partial charge in [0, 0.05) is 19.0 Å². The molecule has 3 heterocycles. The lowest BCUT2D eigenvalue weighted by Gasteiger charge is -2.30. The number of hydrogen-bond acceptors (Lipinski definition) is 6. The zero-order valence-corrected chi connectivity index (χ0v) is 17.3. The van der Waals surface area contributed by atoms with E-state index in [2.05, 4.69) is 10.3 Å². The molecular weight excluding hydrogens is 426 g/mol. The maximum Gasteiger partial charge on any atom is 0.252 e. The molecule has 0 spiro atoms. The van der Waals surface area contributed by atoms with Gasteiger partial charge in [-0.25, -0.2) is 13.4 Å². The smallest absolute Gasteiger partial charge is 0.252 e. The Hall–Kier alpha value is -1.52. The maximum atomic E-state index is 12.7. The normalized spacial score (nSPS) is 16.6. The van der Waals surface area contributed by atoms with E-state index < -0.39 is 10.0 Å². The van der Waals surface area contributed by atoms with Crippen molar-refractivity contribution in [3.05, 3.63) is 40.2 Å². The van der Waals surface area contributed by atoms with Gasteiger partial charge in [0.15, 0.2) is 0 Å². The Morgan fingerprint density at radius 1 is 1.22 bits per heavy atom. The Balaban J connectivity index is 1.43. The number of fused-ring (bicyclic) bond motifs is 1. The molecule has 1 aliphatic heterocycles. The number of carbonyl (C=O) groups is 1. The molecule has 1 N–H and O–H groups in total. The minimum Gasteiger partial charge on any atom is -0.325 e. The molecule has 142 valence electrons. The summed E-state index contributed by atoms with van der Waals surface area (Å²) in [5, 5.41) is 5.26. The second-order valence-electron chi connectivity index (χ2n) is 6.22. The number of sulfonamides is 1. The van der Waals surface area contributed by atoms with E-state index in [1.54, 1.807) is 35.2 Å². The zero-order chi connectivity index (χ0) is 19.0. The second kappa shape index (κ2) is 7.48. The monoisotopic (exact) mass is 441 g/mol. The Morgan fingerprint density at radius 2 is 2.00 bits per heavy atom. The molecule has 10 heteroatoms. The summed E-state index contributed by atoms with van der Waals surface area (Å²) in [7, 11) is -3.45. The predicted molar refractivity (Wildman–Crippen MR) is 109 cm³/mol. The second-order valence-corrected chi connectivity index (χ2v) is 10.6. The highest BCUT2D eigenvalue weighted by Crippen LogP contribution is 2.33. The van der Waals surface area contributed by atoms with Gasteiger partial charge in [-0.3, -0.25) is 4.79 Å². The van der Waals surface area contributed by atoms with Crippen molar-refractivity contribution in [3.8, 4) is 0 Å². The van der Waals surface area contributed by atoms with E-state index in [-0.39, 0.29) is 11.8 Å². The van der Waals surface area contributed by atoms with Crippen LogP contribution in [0.2, 0.25) is 5.02 Å². The van der Waals surface area contributed by atoms with Crippen LogP contribution in [-0.4, -0.2) is 36.7 Å². The van der Waals surface area contributed by atoms with Gasteiger partial charge >= 0.3 is 0 Å². The van der Waals surface area contributed by atoms with Crippen molar-refractivity contribution in [2.24, 2.45) is 5.92 Å². The van der Waals surface area contributed by atoms with Gasteiger partial charge in [-0.1, -0.05) is 17.7 Å². The molecule has 1 aliphatic rings. The van der Waals surface area contributed by atoms with E-state index in [1.165, 1.54) is 27.0 Å². The van der Waals surface area contributed by atoms with Gasteiger partial charge in [-0.15, -0.1) is 22.7 Å². The fourth-order valence-corrected chi connectivity index (χ4v) is 6.81. The lowest BCUT2D eigenvalue weighted by atomic mass is 9.97. The molecule has 3 aromatic rings. The first kappa shape index (κ1) is 18.8. The highest BCUT2D eigenvalue weighted by molar-refractivity contribution is 7.91. The van der Waals surface area contributed by atoms with Crippen LogP contribution in [0.1, 0.15) is 12.8 Å². The number of nitrogens with one attached hydrogen (secondary N) is 1. The summed E-state index contributed by atoms with van der Waals surface area (Å²) in [5.41, 5.74) is 3.06. The van der Waals surface area contributed by atoms with Crippen molar-refractivity contribution in [3.63, 3.8) is 0 Å². The van der Waals surface area contributed by atoms with Crippen molar-refractivity contribution < 1.29 is 13.2 Å². The SMILES string of the molecule is O=C(Nc1ccc(Cl)c2ncsc12)C1CCN(S(=O)(=O)c2cccs2)CC1. The number of hydrogen-bond donors (Lipinski definition) is 1. The van der Waals surface area contributed by atoms with Crippen LogP contribution in [-0.2, 0) is 14.8 Å². The van der Waals surface area contributed by atoms with Gasteiger partial charge in [-0.05, 0) is 36.4 Å². The van der Waals surface area contributed by atoms with Crippen molar-refractivity contribution in [1.82, 2.24) is 9.29 Å². The maximum absolute atomic E-state index is 12.7. The summed E-state index contributed by atoms with van der Waals surface area (Å²) in [6.07, 6.45) is 0.992. The molecule has 1 saturated heterocycles. The fraction of sp³-hybridized carbons (Fsp3) is 0.294. The Bertz CT molecular complexity index is 1070. The van der Waals surface area contributed by atoms with Crippen molar-refractivity contribution in [1.29, 1.82) is 0 Å². The van der Waals surface area contributed by atoms with Gasteiger partial charge in [-0.2, -0.15) is 4.31 Å². The Kier molecular flexibility index (Phi) is 5.21.